The van der Waals surface area contributed by atoms with E-state index in [0.717, 1.165) is 18.4 Å². The van der Waals surface area contributed by atoms with E-state index in [9.17, 15) is 14.4 Å². The Kier molecular flexibility index (Phi) is 8.13. The van der Waals surface area contributed by atoms with Gasteiger partial charge in [0.2, 0.25) is 11.8 Å². The average Bonchev–Trinajstić information content (AvgIpc) is 3.32. The van der Waals surface area contributed by atoms with Crippen molar-refractivity contribution >= 4 is 17.7 Å². The van der Waals surface area contributed by atoms with Crippen molar-refractivity contribution in [2.24, 2.45) is 11.8 Å². The molecule has 2 aromatic rings. The molecule has 4 rings (SSSR count). The monoisotopic (exact) mass is 493 g/mol. The summed E-state index contributed by atoms with van der Waals surface area (Å²) in [7, 11) is 3.10. The molecule has 0 bridgehead atoms. The van der Waals surface area contributed by atoms with Crippen LogP contribution in [0.4, 0.5) is 0 Å². The number of hydrogen-bond acceptors (Lipinski definition) is 5. The number of likely N-dealkylation sites (tertiary alicyclic amines) is 2. The van der Waals surface area contributed by atoms with E-state index < -0.39 is 0 Å². The molecule has 2 saturated heterocycles. The molecule has 0 aromatic heterocycles. The third kappa shape index (κ3) is 5.64. The number of methoxy groups -OCH3 is 2. The zero-order valence-corrected chi connectivity index (χ0v) is 21.2. The highest BCUT2D eigenvalue weighted by Crippen LogP contribution is 2.31. The number of carbonyl (C=O) groups is 3. The minimum atomic E-state index is -0.287. The molecule has 2 unspecified atom stereocenters. The molecular weight excluding hydrogens is 458 g/mol. The third-order valence-electron chi connectivity index (χ3n) is 7.38. The van der Waals surface area contributed by atoms with Crippen LogP contribution in [0, 0.1) is 11.8 Å². The normalized spacial score (nSPS) is 19.2. The lowest BCUT2D eigenvalue weighted by atomic mass is 9.95. The molecule has 8 heteroatoms. The fourth-order valence-electron chi connectivity index (χ4n) is 5.12. The quantitative estimate of drug-likeness (QED) is 0.610. The molecule has 36 heavy (non-hydrogen) atoms. The topological polar surface area (TPSA) is 88.2 Å². The van der Waals surface area contributed by atoms with Gasteiger partial charge in [0, 0.05) is 38.2 Å². The molecule has 0 spiro atoms. The lowest BCUT2D eigenvalue weighted by molar-refractivity contribution is -0.137. The molecule has 192 valence electrons. The van der Waals surface area contributed by atoms with E-state index in [2.05, 4.69) is 5.32 Å². The van der Waals surface area contributed by atoms with E-state index in [0.29, 0.717) is 49.2 Å². The van der Waals surface area contributed by atoms with Crippen LogP contribution in [0.25, 0.3) is 0 Å². The molecule has 1 N–H and O–H groups in total. The van der Waals surface area contributed by atoms with Crippen LogP contribution in [0.5, 0.6) is 11.5 Å². The van der Waals surface area contributed by atoms with Crippen LogP contribution in [-0.2, 0) is 9.59 Å². The number of benzene rings is 2. The van der Waals surface area contributed by atoms with E-state index in [-0.39, 0.29) is 36.1 Å². The Morgan fingerprint density at radius 2 is 1.72 bits per heavy atom. The van der Waals surface area contributed by atoms with Crippen LogP contribution in [-0.4, -0.2) is 67.9 Å². The second kappa shape index (κ2) is 11.5. The maximum absolute atomic E-state index is 13.2. The highest BCUT2D eigenvalue weighted by atomic mass is 16.5. The first kappa shape index (κ1) is 25.5. The van der Waals surface area contributed by atoms with Crippen molar-refractivity contribution in [3.8, 4) is 11.5 Å². The SMILES string of the molecule is COc1ccc(C(=O)NCC2CCN(C(=O)C3CC(=O)N(C(C)c4ccccc4)C3)CC2)cc1OC. The summed E-state index contributed by atoms with van der Waals surface area (Å²) in [5, 5.41) is 3.01. The van der Waals surface area contributed by atoms with Crippen molar-refractivity contribution in [3.63, 3.8) is 0 Å². The fraction of sp³-hybridized carbons (Fsp3) is 0.464. The first-order chi connectivity index (χ1) is 17.4. The molecule has 2 aromatic carbocycles. The summed E-state index contributed by atoms with van der Waals surface area (Å²) in [5.74, 6) is 1.05. The van der Waals surface area contributed by atoms with Crippen molar-refractivity contribution < 1.29 is 23.9 Å². The molecule has 0 radical (unpaired) electrons. The summed E-state index contributed by atoms with van der Waals surface area (Å²) in [6, 6.07) is 15.0. The molecule has 0 aliphatic carbocycles. The smallest absolute Gasteiger partial charge is 0.251 e. The van der Waals surface area contributed by atoms with Crippen LogP contribution in [0.2, 0.25) is 0 Å². The summed E-state index contributed by atoms with van der Waals surface area (Å²) in [6.45, 7) is 4.33. The highest BCUT2D eigenvalue weighted by molar-refractivity contribution is 5.95. The van der Waals surface area contributed by atoms with Crippen LogP contribution in [0.1, 0.15) is 48.1 Å². The fourth-order valence-corrected chi connectivity index (χ4v) is 5.12. The van der Waals surface area contributed by atoms with Gasteiger partial charge in [-0.1, -0.05) is 30.3 Å². The minimum absolute atomic E-state index is 0.0393. The van der Waals surface area contributed by atoms with Crippen LogP contribution in [0.3, 0.4) is 0 Å². The lowest BCUT2D eigenvalue weighted by Gasteiger charge is -2.33. The molecular formula is C28H35N3O5. The first-order valence-electron chi connectivity index (χ1n) is 12.5. The number of hydrogen-bond donors (Lipinski definition) is 1. The van der Waals surface area contributed by atoms with E-state index >= 15 is 0 Å². The Balaban J connectivity index is 1.24. The van der Waals surface area contributed by atoms with Gasteiger partial charge in [-0.3, -0.25) is 14.4 Å². The van der Waals surface area contributed by atoms with Crippen molar-refractivity contribution in [1.82, 2.24) is 15.1 Å². The number of amides is 3. The molecule has 2 aliphatic rings. The largest absolute Gasteiger partial charge is 0.493 e. The van der Waals surface area contributed by atoms with Gasteiger partial charge < -0.3 is 24.6 Å². The van der Waals surface area contributed by atoms with Gasteiger partial charge in [0.1, 0.15) is 0 Å². The number of rotatable bonds is 8. The van der Waals surface area contributed by atoms with Gasteiger partial charge in [0.25, 0.3) is 5.91 Å². The molecule has 3 amide bonds. The van der Waals surface area contributed by atoms with E-state index in [1.807, 2.05) is 47.1 Å². The second-order valence-electron chi connectivity index (χ2n) is 9.58. The lowest BCUT2D eigenvalue weighted by Crippen LogP contribution is -2.44. The Morgan fingerprint density at radius 3 is 2.39 bits per heavy atom. The van der Waals surface area contributed by atoms with Gasteiger partial charge >= 0.3 is 0 Å². The van der Waals surface area contributed by atoms with Crippen molar-refractivity contribution in [2.75, 3.05) is 40.4 Å². The summed E-state index contributed by atoms with van der Waals surface area (Å²) in [4.78, 5) is 42.2. The van der Waals surface area contributed by atoms with Crippen molar-refractivity contribution in [3.05, 3.63) is 59.7 Å². The van der Waals surface area contributed by atoms with Gasteiger partial charge in [0.05, 0.1) is 26.2 Å². The minimum Gasteiger partial charge on any atom is -0.493 e. The summed E-state index contributed by atoms with van der Waals surface area (Å²) in [6.07, 6.45) is 1.92. The van der Waals surface area contributed by atoms with E-state index in [1.54, 1.807) is 25.3 Å². The zero-order valence-electron chi connectivity index (χ0n) is 21.2. The second-order valence-corrected chi connectivity index (χ2v) is 9.58. The first-order valence-corrected chi connectivity index (χ1v) is 12.5. The number of carbonyl (C=O) groups excluding carboxylic acids is 3. The standard InChI is InChI=1S/C28H35N3O5/c1-19(21-7-5-4-6-8-21)31-18-23(16-26(31)32)28(34)30-13-11-20(12-14-30)17-29-27(33)22-9-10-24(35-2)25(15-22)36-3/h4-10,15,19-20,23H,11-14,16-18H2,1-3H3,(H,29,33). The van der Waals surface area contributed by atoms with Gasteiger partial charge in [-0.05, 0) is 49.4 Å². The Hall–Kier alpha value is -3.55. The number of nitrogens with one attached hydrogen (secondary N) is 1. The van der Waals surface area contributed by atoms with Crippen LogP contribution < -0.4 is 14.8 Å². The van der Waals surface area contributed by atoms with Gasteiger partial charge in [-0.15, -0.1) is 0 Å². The number of ether oxygens (including phenoxy) is 2. The summed E-state index contributed by atoms with van der Waals surface area (Å²) in [5.41, 5.74) is 1.59. The highest BCUT2D eigenvalue weighted by Gasteiger charge is 2.39. The molecule has 2 aliphatic heterocycles. The maximum Gasteiger partial charge on any atom is 0.251 e. The average molecular weight is 494 g/mol. The van der Waals surface area contributed by atoms with Gasteiger partial charge in [-0.2, -0.15) is 0 Å². The third-order valence-corrected chi connectivity index (χ3v) is 7.38. The predicted octanol–water partition coefficient (Wildman–Crippen LogP) is 3.28. The molecule has 2 atom stereocenters. The van der Waals surface area contributed by atoms with Gasteiger partial charge in [0.15, 0.2) is 11.5 Å². The van der Waals surface area contributed by atoms with E-state index in [4.69, 9.17) is 9.47 Å². The van der Waals surface area contributed by atoms with Gasteiger partial charge in [-0.25, -0.2) is 0 Å². The molecule has 8 nitrogen and oxygen atoms in total. The predicted molar refractivity (Wildman–Crippen MR) is 136 cm³/mol. The summed E-state index contributed by atoms with van der Waals surface area (Å²) >= 11 is 0. The van der Waals surface area contributed by atoms with Crippen molar-refractivity contribution in [1.29, 1.82) is 0 Å². The molecule has 2 heterocycles. The summed E-state index contributed by atoms with van der Waals surface area (Å²) < 4.78 is 10.5. The number of piperidine rings is 1. The number of nitrogens with zero attached hydrogens (tertiary/aromatic N) is 2. The van der Waals surface area contributed by atoms with Crippen molar-refractivity contribution in [2.45, 2.75) is 32.2 Å². The van der Waals surface area contributed by atoms with Crippen LogP contribution in [0.15, 0.2) is 48.5 Å². The Morgan fingerprint density at radius 1 is 1.03 bits per heavy atom. The molecule has 0 saturated carbocycles. The maximum atomic E-state index is 13.2. The Labute approximate surface area is 212 Å². The van der Waals surface area contributed by atoms with E-state index in [1.165, 1.54) is 7.11 Å². The zero-order chi connectivity index (χ0) is 25.7. The Bertz CT molecular complexity index is 1080. The van der Waals surface area contributed by atoms with Crippen LogP contribution >= 0.6 is 0 Å². The molecule has 2 fully saturated rings.